The second-order valence-electron chi connectivity index (χ2n) is 12.2. The third-order valence-corrected chi connectivity index (χ3v) is 8.46. The summed E-state index contributed by atoms with van der Waals surface area (Å²) < 4.78 is 11.4. The molecule has 1 aliphatic rings. The highest BCUT2D eigenvalue weighted by Crippen LogP contribution is 2.21. The van der Waals surface area contributed by atoms with Gasteiger partial charge in [-0.1, -0.05) is 68.4 Å². The van der Waals surface area contributed by atoms with Gasteiger partial charge in [0.1, 0.15) is 30.2 Å². The predicted octanol–water partition coefficient (Wildman–Crippen LogP) is 3.93. The second kappa shape index (κ2) is 17.2. The number of likely N-dealkylation sites (N-methyl/N-ethyl adjacent to an activating group) is 1. The number of rotatable bonds is 9. The lowest BCUT2D eigenvalue weighted by molar-refractivity contribution is -0.139. The molecule has 0 bridgehead atoms. The Morgan fingerprint density at radius 1 is 0.979 bits per heavy atom. The van der Waals surface area contributed by atoms with Crippen LogP contribution in [0.5, 0.6) is 11.5 Å². The first-order chi connectivity index (χ1) is 22.7. The quantitative estimate of drug-likeness (QED) is 0.304. The summed E-state index contributed by atoms with van der Waals surface area (Å²) in [6, 6.07) is 21.9. The van der Waals surface area contributed by atoms with E-state index in [-0.39, 0.29) is 54.7 Å². The van der Waals surface area contributed by atoms with E-state index in [0.29, 0.717) is 25.1 Å². The number of hydrogen-bond donors (Lipinski definition) is 3. The summed E-state index contributed by atoms with van der Waals surface area (Å²) >= 11 is 0. The Balaban J connectivity index is 1.55. The summed E-state index contributed by atoms with van der Waals surface area (Å²) in [5, 5.41) is 8.87. The van der Waals surface area contributed by atoms with Gasteiger partial charge in [0.05, 0.1) is 18.7 Å². The predicted molar refractivity (Wildman–Crippen MR) is 180 cm³/mol. The van der Waals surface area contributed by atoms with Crippen LogP contribution in [0.15, 0.2) is 78.9 Å². The fourth-order valence-electron chi connectivity index (χ4n) is 5.46. The molecule has 0 unspecified atom stereocenters. The lowest BCUT2D eigenvalue weighted by atomic mass is 10.0. The molecule has 0 aromatic heterocycles. The van der Waals surface area contributed by atoms with Crippen molar-refractivity contribution in [2.24, 2.45) is 5.92 Å². The van der Waals surface area contributed by atoms with E-state index in [1.54, 1.807) is 38.4 Å². The third-order valence-electron chi connectivity index (χ3n) is 8.46. The van der Waals surface area contributed by atoms with Gasteiger partial charge in [-0.2, -0.15) is 0 Å². The van der Waals surface area contributed by atoms with E-state index in [1.165, 1.54) is 4.90 Å². The van der Waals surface area contributed by atoms with Crippen molar-refractivity contribution in [1.82, 2.24) is 20.9 Å². The number of hydrogen-bond acceptors (Lipinski definition) is 6. The molecule has 3 N–H and O–H groups in total. The zero-order valence-corrected chi connectivity index (χ0v) is 27.7. The maximum Gasteiger partial charge on any atom is 0.255 e. The van der Waals surface area contributed by atoms with E-state index in [0.717, 1.165) is 23.3 Å². The van der Waals surface area contributed by atoms with Crippen molar-refractivity contribution in [2.45, 2.75) is 64.1 Å². The van der Waals surface area contributed by atoms with E-state index in [1.807, 2.05) is 68.4 Å². The summed E-state index contributed by atoms with van der Waals surface area (Å²) in [7, 11) is 3.23. The first-order valence-electron chi connectivity index (χ1n) is 16.2. The normalized spacial score (nSPS) is 19.4. The van der Waals surface area contributed by atoms with Crippen molar-refractivity contribution in [1.29, 1.82) is 0 Å². The topological polar surface area (TPSA) is 126 Å². The van der Waals surface area contributed by atoms with Gasteiger partial charge in [0.15, 0.2) is 0 Å². The average molecular weight is 643 g/mol. The molecule has 0 saturated heterocycles. The minimum atomic E-state index is -0.986. The van der Waals surface area contributed by atoms with Crippen molar-refractivity contribution in [3.8, 4) is 11.5 Å². The van der Waals surface area contributed by atoms with Crippen LogP contribution >= 0.6 is 0 Å². The maximum absolute atomic E-state index is 13.8. The van der Waals surface area contributed by atoms with Crippen molar-refractivity contribution >= 4 is 23.6 Å². The molecule has 250 valence electrons. The van der Waals surface area contributed by atoms with E-state index in [2.05, 4.69) is 16.0 Å². The van der Waals surface area contributed by atoms with Gasteiger partial charge in [0.25, 0.3) is 5.91 Å². The van der Waals surface area contributed by atoms with E-state index in [4.69, 9.17) is 9.47 Å². The summed E-state index contributed by atoms with van der Waals surface area (Å²) in [4.78, 5) is 55.8. The minimum absolute atomic E-state index is 0.00556. The van der Waals surface area contributed by atoms with Crippen LogP contribution in [-0.2, 0) is 27.2 Å². The van der Waals surface area contributed by atoms with Crippen molar-refractivity contribution < 1.29 is 28.7 Å². The molecule has 10 nitrogen and oxygen atoms in total. The van der Waals surface area contributed by atoms with Crippen LogP contribution < -0.4 is 25.4 Å². The molecule has 3 aromatic rings. The van der Waals surface area contributed by atoms with Gasteiger partial charge in [0.2, 0.25) is 17.7 Å². The third kappa shape index (κ3) is 10.1. The number of carbonyl (C=O) groups is 4. The second-order valence-corrected chi connectivity index (χ2v) is 12.2. The number of nitrogens with zero attached hydrogens (tertiary/aromatic N) is 1. The SMILES string of the molecule is COc1cccc(CCCNC(=O)[C@@H]2CCC(=O)N(C)[C@@H](Cc3ccccc3)C(=O)N[C@H](C(C)C)COc3ccccc3C(=O)N2)c1. The Labute approximate surface area is 277 Å². The molecule has 0 spiro atoms. The van der Waals surface area contributed by atoms with Crippen LogP contribution in [0.2, 0.25) is 0 Å². The number of methoxy groups -OCH3 is 1. The number of benzene rings is 3. The Bertz CT molecular complexity index is 1510. The fraction of sp³-hybridized carbons (Fsp3) is 0.405. The number of amides is 4. The summed E-state index contributed by atoms with van der Waals surface area (Å²) in [6.45, 7) is 4.44. The van der Waals surface area contributed by atoms with Crippen LogP contribution in [-0.4, -0.2) is 74.0 Å². The highest BCUT2D eigenvalue weighted by Gasteiger charge is 2.32. The Morgan fingerprint density at radius 2 is 1.70 bits per heavy atom. The largest absolute Gasteiger partial charge is 0.497 e. The monoisotopic (exact) mass is 642 g/mol. The number of fused-ring (bicyclic) bond motifs is 1. The molecule has 47 heavy (non-hydrogen) atoms. The number of para-hydroxylation sites is 1. The van der Waals surface area contributed by atoms with Crippen LogP contribution in [0.25, 0.3) is 0 Å². The molecule has 0 fully saturated rings. The first kappa shape index (κ1) is 35.0. The van der Waals surface area contributed by atoms with Crippen LogP contribution in [0, 0.1) is 5.92 Å². The number of aryl methyl sites for hydroxylation is 1. The zero-order valence-electron chi connectivity index (χ0n) is 27.7. The molecule has 0 saturated carbocycles. The van der Waals surface area contributed by atoms with Crippen LogP contribution in [0.1, 0.15) is 54.6 Å². The van der Waals surface area contributed by atoms with Crippen molar-refractivity contribution in [3.05, 3.63) is 95.6 Å². The highest BCUT2D eigenvalue weighted by atomic mass is 16.5. The van der Waals surface area contributed by atoms with Crippen LogP contribution in [0.4, 0.5) is 0 Å². The molecule has 0 radical (unpaired) electrons. The number of carbonyl (C=O) groups excluding carboxylic acids is 4. The number of ether oxygens (including phenoxy) is 2. The van der Waals surface area contributed by atoms with Gasteiger partial charge in [-0.25, -0.2) is 0 Å². The lowest BCUT2D eigenvalue weighted by Gasteiger charge is -2.31. The molecule has 4 rings (SSSR count). The molecular formula is C37H46N4O6. The highest BCUT2D eigenvalue weighted by molar-refractivity contribution is 5.99. The van der Waals surface area contributed by atoms with Gasteiger partial charge in [-0.05, 0) is 60.6 Å². The van der Waals surface area contributed by atoms with Gasteiger partial charge >= 0.3 is 0 Å². The Kier molecular flexibility index (Phi) is 12.8. The van der Waals surface area contributed by atoms with E-state index >= 15 is 0 Å². The molecule has 4 amide bonds. The smallest absolute Gasteiger partial charge is 0.255 e. The standard InChI is InChI=1S/C37H46N4O6/c1-25(2)31-24-47-33-18-9-8-17-29(33)35(43)39-30(36(44)38-21-11-15-26-14-10-16-28(22-26)46-4)19-20-34(42)41(3)32(37(45)40-31)23-27-12-6-5-7-13-27/h5-10,12-14,16-18,22,25,30-32H,11,15,19-21,23-24H2,1-4H3,(H,38,44)(H,39,43)(H,40,45)/t30-,31-,32-/m0/s1. The molecule has 3 aromatic carbocycles. The molecule has 1 heterocycles. The van der Waals surface area contributed by atoms with Gasteiger partial charge < -0.3 is 30.3 Å². The molecule has 0 aliphatic carbocycles. The molecule has 1 aliphatic heterocycles. The molecule has 10 heteroatoms. The average Bonchev–Trinajstić information content (AvgIpc) is 3.08. The Hall–Kier alpha value is -4.86. The minimum Gasteiger partial charge on any atom is -0.497 e. The maximum atomic E-state index is 13.8. The summed E-state index contributed by atoms with van der Waals surface area (Å²) in [6.07, 6.45) is 1.71. The number of nitrogens with one attached hydrogen (secondary N) is 3. The summed E-state index contributed by atoms with van der Waals surface area (Å²) in [5.41, 5.74) is 2.26. The van der Waals surface area contributed by atoms with Crippen molar-refractivity contribution in [3.63, 3.8) is 0 Å². The lowest BCUT2D eigenvalue weighted by Crippen LogP contribution is -2.53. The zero-order chi connectivity index (χ0) is 33.8. The molecular weight excluding hydrogens is 596 g/mol. The van der Waals surface area contributed by atoms with E-state index in [9.17, 15) is 19.2 Å². The van der Waals surface area contributed by atoms with Crippen LogP contribution in [0.3, 0.4) is 0 Å². The van der Waals surface area contributed by atoms with Gasteiger partial charge in [0, 0.05) is 26.4 Å². The van der Waals surface area contributed by atoms with E-state index < -0.39 is 18.0 Å². The van der Waals surface area contributed by atoms with Crippen molar-refractivity contribution in [2.75, 3.05) is 27.3 Å². The van der Waals surface area contributed by atoms with Gasteiger partial charge in [-0.3, -0.25) is 19.2 Å². The summed E-state index contributed by atoms with van der Waals surface area (Å²) in [5.74, 6) is -0.363. The fourth-order valence-corrected chi connectivity index (χ4v) is 5.46. The Morgan fingerprint density at radius 3 is 2.45 bits per heavy atom. The first-order valence-corrected chi connectivity index (χ1v) is 16.2. The molecule has 3 atom stereocenters. The van der Waals surface area contributed by atoms with Gasteiger partial charge in [-0.15, -0.1) is 0 Å².